The molecule has 3 heterocycles. The summed E-state index contributed by atoms with van der Waals surface area (Å²) in [4.78, 5) is 43.3. The quantitative estimate of drug-likeness (QED) is 0.236. The largest absolute Gasteiger partial charge is 0.481 e. The lowest BCUT2D eigenvalue weighted by Gasteiger charge is -2.35. The first-order valence-corrected chi connectivity index (χ1v) is 18.0. The number of carbonyl (C=O) groups is 3. The topological polar surface area (TPSA) is 104 Å². The van der Waals surface area contributed by atoms with Gasteiger partial charge in [0, 0.05) is 68.0 Å². The Bertz CT molecular complexity index is 1640. The second kappa shape index (κ2) is 15.2. The van der Waals surface area contributed by atoms with E-state index in [9.17, 15) is 19.5 Å². The fraction of sp³-hybridized carbons (Fsp3) is 0.541. The Balaban J connectivity index is 1.13. The molecule has 258 valence electrons. The molecule has 0 bridgehead atoms. The highest BCUT2D eigenvalue weighted by Crippen LogP contribution is 2.36. The van der Waals surface area contributed by atoms with E-state index in [0.717, 1.165) is 81.8 Å². The molecule has 11 heteroatoms. The number of amides is 2. The molecule has 2 amide bonds. The molecule has 9 nitrogen and oxygen atoms in total. The highest BCUT2D eigenvalue weighted by molar-refractivity contribution is 6.36. The second-order valence-electron chi connectivity index (χ2n) is 13.9. The van der Waals surface area contributed by atoms with Gasteiger partial charge in [0.1, 0.15) is 0 Å². The van der Waals surface area contributed by atoms with Gasteiger partial charge in [0.15, 0.2) is 0 Å². The molecule has 3 aromatic rings. The summed E-state index contributed by atoms with van der Waals surface area (Å²) < 4.78 is 7.50. The van der Waals surface area contributed by atoms with Crippen molar-refractivity contribution in [3.8, 4) is 0 Å². The van der Waals surface area contributed by atoms with E-state index in [1.807, 2.05) is 35.9 Å². The normalized spacial score (nSPS) is 23.9. The number of anilines is 1. The lowest BCUT2D eigenvalue weighted by atomic mass is 9.79. The lowest BCUT2D eigenvalue weighted by molar-refractivity contribution is -0.143. The standard InChI is InChI=1S/C37H46Cl2N4O5/c1-41-22-30(29-5-3-4-6-34(29)41)36(45)40-33-20-31(38)25(17-32(33)39)18-35(44)43-21-27(42-15-13-28(48-2)14-16-42)19-26(43)12-9-23-7-10-24(11-8-23)37(46)47/h3-6,17,20,22-24,26-28H,7-16,18-19,21H2,1-2H3,(H,40,45)(H,46,47)/t23?,24?,26-,27+/m1/s1. The minimum Gasteiger partial charge on any atom is -0.481 e. The Morgan fingerprint density at radius 2 is 1.71 bits per heavy atom. The van der Waals surface area contributed by atoms with Crippen molar-refractivity contribution in [3.05, 3.63) is 63.8 Å². The fourth-order valence-corrected chi connectivity index (χ4v) is 8.60. The summed E-state index contributed by atoms with van der Waals surface area (Å²) in [5.74, 6) is -0.668. The number of aromatic nitrogens is 1. The van der Waals surface area contributed by atoms with Crippen LogP contribution < -0.4 is 5.32 Å². The number of hydrogen-bond donors (Lipinski definition) is 2. The van der Waals surface area contributed by atoms with E-state index >= 15 is 0 Å². The number of methoxy groups -OCH3 is 1. The molecule has 2 aliphatic heterocycles. The first-order valence-electron chi connectivity index (χ1n) is 17.2. The molecule has 3 aliphatic rings. The van der Waals surface area contributed by atoms with Crippen LogP contribution in [0.2, 0.25) is 10.0 Å². The third-order valence-corrected chi connectivity index (χ3v) is 11.7. The summed E-state index contributed by atoms with van der Waals surface area (Å²) >= 11 is 13.4. The number of aliphatic carboxylic acids is 1. The molecular weight excluding hydrogens is 651 g/mol. The molecular formula is C37H46Cl2N4O5. The number of carboxylic acids is 1. The van der Waals surface area contributed by atoms with Gasteiger partial charge >= 0.3 is 5.97 Å². The number of ether oxygens (including phenoxy) is 1. The van der Waals surface area contributed by atoms with Crippen LogP contribution in [-0.2, 0) is 27.8 Å². The van der Waals surface area contributed by atoms with Crippen LogP contribution in [0.3, 0.4) is 0 Å². The van der Waals surface area contributed by atoms with Crippen molar-refractivity contribution in [2.45, 2.75) is 82.4 Å². The number of hydrogen-bond acceptors (Lipinski definition) is 5. The Morgan fingerprint density at radius 1 is 0.979 bits per heavy atom. The number of carbonyl (C=O) groups excluding carboxylic acids is 2. The molecule has 6 rings (SSSR count). The summed E-state index contributed by atoms with van der Waals surface area (Å²) in [5, 5.41) is 13.9. The highest BCUT2D eigenvalue weighted by Gasteiger charge is 2.39. The maximum absolute atomic E-state index is 14.0. The first-order chi connectivity index (χ1) is 23.1. The van der Waals surface area contributed by atoms with Gasteiger partial charge in [-0.25, -0.2) is 0 Å². The summed E-state index contributed by atoms with van der Waals surface area (Å²) in [6.45, 7) is 2.60. The predicted octanol–water partition coefficient (Wildman–Crippen LogP) is 7.03. The monoisotopic (exact) mass is 696 g/mol. The maximum atomic E-state index is 14.0. The SMILES string of the molecule is COC1CCN([C@H]2C[C@@H](CCC3CCC(C(=O)O)CC3)N(C(=O)Cc3cc(Cl)c(NC(=O)c4cn(C)c5ccccc45)cc3Cl)C2)CC1. The van der Waals surface area contributed by atoms with Crippen LogP contribution in [0.15, 0.2) is 42.6 Å². The van der Waals surface area contributed by atoms with Gasteiger partial charge < -0.3 is 24.6 Å². The van der Waals surface area contributed by atoms with Gasteiger partial charge in [-0.2, -0.15) is 0 Å². The minimum atomic E-state index is -0.680. The average molecular weight is 698 g/mol. The molecule has 2 aromatic carbocycles. The number of piperidine rings is 1. The Labute approximate surface area is 292 Å². The predicted molar refractivity (Wildman–Crippen MR) is 189 cm³/mol. The minimum absolute atomic E-state index is 0.0226. The Kier molecular flexibility index (Phi) is 11.0. The number of fused-ring (bicyclic) bond motifs is 1. The molecule has 1 saturated carbocycles. The van der Waals surface area contributed by atoms with E-state index in [4.69, 9.17) is 27.9 Å². The van der Waals surface area contributed by atoms with Crippen LogP contribution >= 0.6 is 23.2 Å². The zero-order valence-corrected chi connectivity index (χ0v) is 29.3. The van der Waals surface area contributed by atoms with E-state index in [1.54, 1.807) is 25.4 Å². The van der Waals surface area contributed by atoms with Crippen LogP contribution in [-0.4, -0.2) is 82.2 Å². The third kappa shape index (κ3) is 7.70. The van der Waals surface area contributed by atoms with Gasteiger partial charge in [0.2, 0.25) is 5.91 Å². The number of nitrogens with one attached hydrogen (secondary N) is 1. The van der Waals surface area contributed by atoms with Crippen molar-refractivity contribution in [1.29, 1.82) is 0 Å². The molecule has 48 heavy (non-hydrogen) atoms. The summed E-state index contributed by atoms with van der Waals surface area (Å²) in [5.41, 5.74) is 2.51. The van der Waals surface area contributed by atoms with E-state index in [1.165, 1.54) is 0 Å². The Morgan fingerprint density at radius 3 is 2.42 bits per heavy atom. The lowest BCUT2D eigenvalue weighted by Crippen LogP contribution is -2.45. The molecule has 0 spiro atoms. The molecule has 3 fully saturated rings. The Hall–Kier alpha value is -3.11. The van der Waals surface area contributed by atoms with Gasteiger partial charge in [-0.15, -0.1) is 0 Å². The number of rotatable bonds is 10. The van der Waals surface area contributed by atoms with Crippen molar-refractivity contribution < 1.29 is 24.2 Å². The summed E-state index contributed by atoms with van der Waals surface area (Å²) in [7, 11) is 3.68. The van der Waals surface area contributed by atoms with Crippen LogP contribution in [0.25, 0.3) is 10.9 Å². The van der Waals surface area contributed by atoms with E-state index in [2.05, 4.69) is 15.1 Å². The van der Waals surface area contributed by atoms with Crippen molar-refractivity contribution in [2.24, 2.45) is 18.9 Å². The van der Waals surface area contributed by atoms with E-state index in [-0.39, 0.29) is 30.2 Å². The summed E-state index contributed by atoms with van der Waals surface area (Å²) in [6.07, 6.45) is 10.4. The number of aryl methyl sites for hydroxylation is 1. The molecule has 2 N–H and O–H groups in total. The number of halogens is 2. The first kappa shape index (κ1) is 34.7. The number of para-hydroxylation sites is 1. The molecule has 2 atom stereocenters. The molecule has 0 unspecified atom stereocenters. The van der Waals surface area contributed by atoms with Gasteiger partial charge in [-0.05, 0) is 87.5 Å². The highest BCUT2D eigenvalue weighted by atomic mass is 35.5. The number of likely N-dealkylation sites (tertiary alicyclic amines) is 2. The zero-order valence-electron chi connectivity index (χ0n) is 27.8. The number of carboxylic acid groups (broad SMARTS) is 1. The van der Waals surface area contributed by atoms with Crippen molar-refractivity contribution >= 4 is 57.6 Å². The second-order valence-corrected chi connectivity index (χ2v) is 14.7. The van der Waals surface area contributed by atoms with Crippen LogP contribution in [0.4, 0.5) is 5.69 Å². The van der Waals surface area contributed by atoms with Crippen molar-refractivity contribution in [1.82, 2.24) is 14.4 Å². The van der Waals surface area contributed by atoms with Crippen molar-refractivity contribution in [3.63, 3.8) is 0 Å². The number of nitrogens with zero attached hydrogens (tertiary/aromatic N) is 3. The fourth-order valence-electron chi connectivity index (χ4n) is 8.13. The molecule has 0 radical (unpaired) electrons. The van der Waals surface area contributed by atoms with Gasteiger partial charge in [0.05, 0.1) is 34.7 Å². The van der Waals surface area contributed by atoms with Crippen molar-refractivity contribution in [2.75, 3.05) is 32.1 Å². The average Bonchev–Trinajstić information content (AvgIpc) is 3.67. The molecule has 1 aromatic heterocycles. The van der Waals surface area contributed by atoms with Crippen LogP contribution in [0.1, 0.15) is 73.7 Å². The smallest absolute Gasteiger partial charge is 0.306 e. The molecule has 2 saturated heterocycles. The number of benzene rings is 2. The van der Waals surface area contributed by atoms with Crippen LogP contribution in [0, 0.1) is 11.8 Å². The third-order valence-electron chi connectivity index (χ3n) is 11.0. The van der Waals surface area contributed by atoms with Crippen LogP contribution in [0.5, 0.6) is 0 Å². The van der Waals surface area contributed by atoms with Gasteiger partial charge in [-0.3, -0.25) is 19.3 Å². The molecule has 1 aliphatic carbocycles. The van der Waals surface area contributed by atoms with Gasteiger partial charge in [-0.1, -0.05) is 41.4 Å². The van der Waals surface area contributed by atoms with E-state index in [0.29, 0.717) is 51.5 Å². The van der Waals surface area contributed by atoms with E-state index < -0.39 is 5.97 Å². The maximum Gasteiger partial charge on any atom is 0.306 e. The zero-order chi connectivity index (χ0) is 33.9. The van der Waals surface area contributed by atoms with Gasteiger partial charge in [0.25, 0.3) is 5.91 Å². The summed E-state index contributed by atoms with van der Waals surface area (Å²) in [6, 6.07) is 11.5.